The molecule has 4 heterocycles. The van der Waals surface area contributed by atoms with Gasteiger partial charge in [-0.2, -0.15) is 0 Å². The van der Waals surface area contributed by atoms with Gasteiger partial charge < -0.3 is 13.8 Å². The maximum Gasteiger partial charge on any atom is 0.333 e. The first-order valence-electron chi connectivity index (χ1n) is 30.2. The van der Waals surface area contributed by atoms with Crippen LogP contribution in [0.1, 0.15) is 115 Å². The first-order valence-corrected chi connectivity index (χ1v) is 30.2. The van der Waals surface area contributed by atoms with Crippen molar-refractivity contribution in [2.45, 2.75) is 114 Å². The number of hydrogen-bond donors (Lipinski definition) is 0. The molecule has 3 nitrogen and oxygen atoms in total. The third-order valence-electron chi connectivity index (χ3n) is 22.5. The van der Waals surface area contributed by atoms with Crippen LogP contribution in [0.4, 0.5) is 17.1 Å². The Labute approximate surface area is 457 Å². The van der Waals surface area contributed by atoms with E-state index in [0.717, 1.165) is 52.1 Å². The topological polar surface area (TPSA) is 21.3 Å². The van der Waals surface area contributed by atoms with Crippen LogP contribution < -0.4 is 15.8 Å². The Morgan fingerprint density at radius 1 is 0.462 bits per heavy atom. The number of nitrogens with zero attached hydrogens (tertiary/aromatic N) is 2. The molecular formula is C74H65BN2O. The Kier molecular flexibility index (Phi) is 8.44. The second-order valence-electron chi connectivity index (χ2n) is 28.1. The molecule has 2 aromatic heterocycles. The van der Waals surface area contributed by atoms with Gasteiger partial charge in [0, 0.05) is 54.8 Å². The first-order chi connectivity index (χ1) is 38.1. The van der Waals surface area contributed by atoms with E-state index in [1.807, 2.05) is 0 Å². The minimum absolute atomic E-state index is 0.0370. The van der Waals surface area contributed by atoms with Crippen LogP contribution in [-0.2, 0) is 16.2 Å². The highest BCUT2D eigenvalue weighted by Gasteiger charge is 2.54. The van der Waals surface area contributed by atoms with Crippen LogP contribution in [0.2, 0.25) is 0 Å². The van der Waals surface area contributed by atoms with Crippen molar-refractivity contribution in [3.8, 4) is 22.3 Å². The number of hydrogen-bond acceptors (Lipinski definition) is 2. The largest absolute Gasteiger partial charge is 0.456 e. The highest BCUT2D eigenvalue weighted by atomic mass is 16.3. The molecule has 11 aromatic rings. The smallest absolute Gasteiger partial charge is 0.333 e. The molecule has 4 heteroatoms. The Bertz CT molecular complexity index is 4400. The molecular weight excluding hydrogens is 944 g/mol. The van der Waals surface area contributed by atoms with E-state index in [0.29, 0.717) is 5.41 Å². The number of furan rings is 1. The molecule has 0 radical (unpaired) electrons. The van der Waals surface area contributed by atoms with Gasteiger partial charge in [0.05, 0.1) is 11.4 Å². The fourth-order valence-corrected chi connectivity index (χ4v) is 20.1. The average Bonchev–Trinajstić information content (AvgIpc) is 4.16. The molecule has 0 N–H and O–H groups in total. The molecule has 0 saturated heterocycles. The zero-order chi connectivity index (χ0) is 51.1. The molecule has 21 rings (SSSR count). The minimum atomic E-state index is -0.0973. The van der Waals surface area contributed by atoms with Gasteiger partial charge in [-0.3, -0.25) is 0 Å². The van der Waals surface area contributed by atoms with E-state index in [4.69, 9.17) is 4.42 Å². The van der Waals surface area contributed by atoms with Crippen LogP contribution in [0.25, 0.3) is 87.5 Å². The van der Waals surface area contributed by atoms with E-state index in [2.05, 4.69) is 188 Å². The Balaban J connectivity index is 0.955. The van der Waals surface area contributed by atoms with E-state index in [1.54, 1.807) is 11.1 Å². The molecule has 10 aliphatic rings. The summed E-state index contributed by atoms with van der Waals surface area (Å²) in [4.78, 5) is 2.73. The van der Waals surface area contributed by atoms with Crippen molar-refractivity contribution in [3.05, 3.63) is 174 Å². The zero-order valence-corrected chi connectivity index (χ0v) is 45.3. The quantitative estimate of drug-likeness (QED) is 0.164. The molecule has 8 aliphatic carbocycles. The summed E-state index contributed by atoms with van der Waals surface area (Å²) >= 11 is 0. The SMILES string of the molecule is CC(C)(C)c1ccc(N2c3cc4c(cc3B3c5c(cc6ccccc6c52)-c2cc(C56CC7CC(CC(C7)C5)C6)cc5c6cc(C78CC9CC(CC(C9)C7)C8)ccc6n3c25)oc2cc3ccccc3cc24)c(-c2ccccc2)c1. The lowest BCUT2D eigenvalue weighted by Crippen LogP contribution is -2.56. The summed E-state index contributed by atoms with van der Waals surface area (Å²) in [5, 5.41) is 10.3. The van der Waals surface area contributed by atoms with Gasteiger partial charge >= 0.3 is 6.85 Å². The highest BCUT2D eigenvalue weighted by molar-refractivity contribution is 6.90. The molecule has 0 unspecified atom stereocenters. The first kappa shape index (κ1) is 43.9. The van der Waals surface area contributed by atoms with Gasteiger partial charge in [0.2, 0.25) is 0 Å². The molecule has 8 fully saturated rings. The third-order valence-corrected chi connectivity index (χ3v) is 22.5. The number of rotatable bonds is 4. The Morgan fingerprint density at radius 3 is 1.76 bits per heavy atom. The average molecular weight is 1010 g/mol. The maximum absolute atomic E-state index is 7.16. The predicted octanol–water partition coefficient (Wildman–Crippen LogP) is 18.3. The second kappa shape index (κ2) is 15.0. The fourth-order valence-electron chi connectivity index (χ4n) is 20.1. The summed E-state index contributed by atoms with van der Waals surface area (Å²) in [5.74, 6) is 5.29. The summed E-state index contributed by atoms with van der Waals surface area (Å²) in [7, 11) is 0. The molecule has 0 spiro atoms. The number of fused-ring (bicyclic) bond motifs is 13. The molecule has 0 amide bonds. The molecule has 9 aromatic carbocycles. The lowest BCUT2D eigenvalue weighted by molar-refractivity contribution is -0.00527. The van der Waals surface area contributed by atoms with Crippen LogP contribution in [0, 0.1) is 35.5 Å². The van der Waals surface area contributed by atoms with Gasteiger partial charge in [0.25, 0.3) is 0 Å². The lowest BCUT2D eigenvalue weighted by atomic mass is 9.44. The fraction of sp³-hybridized carbons (Fsp3) is 0.324. The molecule has 380 valence electrons. The van der Waals surface area contributed by atoms with Crippen LogP contribution in [0.5, 0.6) is 0 Å². The normalized spacial score (nSPS) is 27.1. The van der Waals surface area contributed by atoms with Crippen molar-refractivity contribution >= 4 is 100 Å². The van der Waals surface area contributed by atoms with E-state index in [9.17, 15) is 0 Å². The van der Waals surface area contributed by atoms with Gasteiger partial charge in [0.15, 0.2) is 0 Å². The Hall–Kier alpha value is -7.04. The van der Waals surface area contributed by atoms with Crippen molar-refractivity contribution < 1.29 is 4.42 Å². The summed E-state index contributed by atoms with van der Waals surface area (Å²) in [6, 6.07) is 62.6. The minimum Gasteiger partial charge on any atom is -0.456 e. The van der Waals surface area contributed by atoms with Crippen molar-refractivity contribution in [1.82, 2.24) is 4.48 Å². The molecule has 8 bridgehead atoms. The van der Waals surface area contributed by atoms with Crippen molar-refractivity contribution in [2.24, 2.45) is 35.5 Å². The van der Waals surface area contributed by atoms with Crippen LogP contribution >= 0.6 is 0 Å². The van der Waals surface area contributed by atoms with Gasteiger partial charge in [-0.1, -0.05) is 112 Å². The van der Waals surface area contributed by atoms with E-state index < -0.39 is 0 Å². The van der Waals surface area contributed by atoms with Gasteiger partial charge in [-0.15, -0.1) is 0 Å². The maximum atomic E-state index is 7.16. The monoisotopic (exact) mass is 1010 g/mol. The van der Waals surface area contributed by atoms with E-state index in [-0.39, 0.29) is 17.7 Å². The predicted molar refractivity (Wildman–Crippen MR) is 326 cm³/mol. The van der Waals surface area contributed by atoms with Crippen LogP contribution in [0.15, 0.2) is 162 Å². The molecule has 0 atom stereocenters. The van der Waals surface area contributed by atoms with Gasteiger partial charge in [-0.05, 0) is 250 Å². The number of anilines is 3. The molecule has 2 aliphatic heterocycles. The summed E-state index contributed by atoms with van der Waals surface area (Å²) in [6.07, 6.45) is 17.0. The van der Waals surface area contributed by atoms with Crippen molar-refractivity contribution in [2.75, 3.05) is 4.90 Å². The van der Waals surface area contributed by atoms with Gasteiger partial charge in [0.1, 0.15) is 11.2 Å². The number of benzene rings is 9. The van der Waals surface area contributed by atoms with Gasteiger partial charge in [-0.25, -0.2) is 0 Å². The lowest BCUT2D eigenvalue weighted by Gasteiger charge is -2.57. The third kappa shape index (κ3) is 5.87. The highest BCUT2D eigenvalue weighted by Crippen LogP contribution is 2.64. The zero-order valence-electron chi connectivity index (χ0n) is 45.3. The number of aromatic nitrogens is 1. The van der Waals surface area contributed by atoms with Crippen LogP contribution in [-0.4, -0.2) is 11.3 Å². The molecule has 8 saturated carbocycles. The summed E-state index contributed by atoms with van der Waals surface area (Å²) in [5.41, 5.74) is 21.6. The molecule has 78 heavy (non-hydrogen) atoms. The van der Waals surface area contributed by atoms with Crippen LogP contribution in [0.3, 0.4) is 0 Å². The van der Waals surface area contributed by atoms with E-state index >= 15 is 0 Å². The Morgan fingerprint density at radius 2 is 1.06 bits per heavy atom. The van der Waals surface area contributed by atoms with Crippen molar-refractivity contribution in [3.63, 3.8) is 0 Å². The summed E-state index contributed by atoms with van der Waals surface area (Å²) in [6.45, 7) is 6.96. The standard InChI is InChI=1S/C74H65BN2O/c1-72(2,3)52-17-19-64(56(30-52)48-11-5-4-6-12-48)76-66-34-59-58-27-49-13-7-8-14-50(49)29-67(58)78-68(59)35-63(66)75-69-60(28-51-15-9-10-16-55(51)71(69)76)62-33-54(74-39-45-24-46(40-74)26-47(25-45)41-74)32-61-57-31-53(18-20-65(57)77(75)70(61)62)73-36-42-21-43(37-73)23-44(22-42)38-73/h4-20,27-35,42-47H,21-26,36-41H2,1-3H3. The van der Waals surface area contributed by atoms with E-state index in [1.165, 1.54) is 182 Å². The summed E-state index contributed by atoms with van der Waals surface area (Å²) < 4.78 is 10.0. The second-order valence-corrected chi connectivity index (χ2v) is 28.1. The van der Waals surface area contributed by atoms with Crippen molar-refractivity contribution in [1.29, 1.82) is 0 Å².